The van der Waals surface area contributed by atoms with Crippen LogP contribution in [0.3, 0.4) is 0 Å². The van der Waals surface area contributed by atoms with Crippen molar-refractivity contribution in [2.75, 3.05) is 6.61 Å². The van der Waals surface area contributed by atoms with Gasteiger partial charge in [-0.3, -0.25) is 4.79 Å². The van der Waals surface area contributed by atoms with Gasteiger partial charge in [-0.15, -0.1) is 0 Å². The van der Waals surface area contributed by atoms with Gasteiger partial charge < -0.3 is 9.47 Å². The fraction of sp³-hybridized carbons (Fsp3) is 0.909. The second-order valence-corrected chi connectivity index (χ2v) is 5.04. The summed E-state index contributed by atoms with van der Waals surface area (Å²) in [6.45, 7) is 2.48. The molecule has 3 rings (SSSR count). The molecule has 3 fully saturated rings. The Morgan fingerprint density at radius 1 is 1.36 bits per heavy atom. The zero-order valence-corrected chi connectivity index (χ0v) is 8.54. The number of rotatable bonds is 0. The first kappa shape index (κ1) is 8.86. The highest BCUT2D eigenvalue weighted by molar-refractivity contribution is 5.88. The smallest absolute Gasteiger partial charge is 0.226 e. The second kappa shape index (κ2) is 2.58. The van der Waals surface area contributed by atoms with Gasteiger partial charge in [-0.1, -0.05) is 12.8 Å². The molecule has 0 aromatic heterocycles. The van der Waals surface area contributed by atoms with Crippen molar-refractivity contribution in [3.8, 4) is 0 Å². The van der Waals surface area contributed by atoms with Crippen molar-refractivity contribution in [1.82, 2.24) is 0 Å². The van der Waals surface area contributed by atoms with Crippen LogP contribution in [0.25, 0.3) is 0 Å². The van der Waals surface area contributed by atoms with E-state index in [4.69, 9.17) is 9.47 Å². The van der Waals surface area contributed by atoms with Crippen LogP contribution in [0.15, 0.2) is 0 Å². The van der Waals surface area contributed by atoms with Gasteiger partial charge in [-0.25, -0.2) is 0 Å². The van der Waals surface area contributed by atoms with Crippen LogP contribution in [0.4, 0.5) is 0 Å². The van der Waals surface area contributed by atoms with Crippen molar-refractivity contribution in [2.45, 2.75) is 50.9 Å². The molecule has 2 aliphatic heterocycles. The van der Waals surface area contributed by atoms with Crippen molar-refractivity contribution in [2.24, 2.45) is 5.41 Å². The van der Waals surface area contributed by atoms with Crippen LogP contribution in [0.2, 0.25) is 0 Å². The molecule has 1 saturated carbocycles. The van der Waals surface area contributed by atoms with Gasteiger partial charge in [-0.2, -0.15) is 0 Å². The minimum Gasteiger partial charge on any atom is -0.343 e. The first-order chi connectivity index (χ1) is 6.65. The Morgan fingerprint density at radius 3 is 2.79 bits per heavy atom. The van der Waals surface area contributed by atoms with Crippen molar-refractivity contribution >= 4 is 5.78 Å². The third-order valence-corrected chi connectivity index (χ3v) is 4.16. The van der Waals surface area contributed by atoms with E-state index in [9.17, 15) is 4.79 Å². The molecular formula is C11H16O3. The predicted molar refractivity (Wildman–Crippen MR) is 49.8 cm³/mol. The molecule has 2 atom stereocenters. The molecule has 1 aliphatic carbocycles. The minimum absolute atomic E-state index is 0.131. The first-order valence-electron chi connectivity index (χ1n) is 5.50. The lowest BCUT2D eigenvalue weighted by atomic mass is 9.80. The zero-order chi connectivity index (χ0) is 9.81. The summed E-state index contributed by atoms with van der Waals surface area (Å²) in [6.07, 6.45) is 5.55. The summed E-state index contributed by atoms with van der Waals surface area (Å²) in [6, 6.07) is 0. The van der Waals surface area contributed by atoms with Gasteiger partial charge >= 0.3 is 0 Å². The van der Waals surface area contributed by atoms with Crippen molar-refractivity contribution in [3.05, 3.63) is 0 Å². The molecule has 3 heteroatoms. The Balaban J connectivity index is 1.91. The van der Waals surface area contributed by atoms with E-state index < -0.39 is 5.79 Å². The molecule has 0 aromatic rings. The molecule has 0 radical (unpaired) electrons. The number of Topliss-reactive ketones (excluding diaryl/α,β-unsaturated/α-hetero) is 1. The molecule has 0 N–H and O–H groups in total. The van der Waals surface area contributed by atoms with Crippen LogP contribution < -0.4 is 0 Å². The molecule has 78 valence electrons. The minimum atomic E-state index is -0.904. The lowest BCUT2D eigenvalue weighted by Gasteiger charge is -2.41. The normalized spacial score (nSPS) is 44.9. The largest absolute Gasteiger partial charge is 0.343 e. The lowest BCUT2D eigenvalue weighted by Crippen LogP contribution is -2.48. The van der Waals surface area contributed by atoms with Crippen molar-refractivity contribution in [1.29, 1.82) is 0 Å². The Kier molecular flexibility index (Phi) is 1.63. The third-order valence-electron chi connectivity index (χ3n) is 4.16. The average Bonchev–Trinajstić information content (AvgIpc) is 2.69. The highest BCUT2D eigenvalue weighted by Gasteiger charge is 2.58. The maximum atomic E-state index is 11.7. The predicted octanol–water partition coefficient (Wildman–Crippen LogP) is 1.65. The van der Waals surface area contributed by atoms with Crippen LogP contribution in [-0.4, -0.2) is 24.3 Å². The number of hydrogen-bond acceptors (Lipinski definition) is 3. The second-order valence-electron chi connectivity index (χ2n) is 5.04. The molecular weight excluding hydrogens is 180 g/mol. The van der Waals surface area contributed by atoms with Crippen molar-refractivity contribution < 1.29 is 14.3 Å². The molecule has 2 heterocycles. The molecule has 0 aromatic carbocycles. The van der Waals surface area contributed by atoms with Crippen LogP contribution in [-0.2, 0) is 14.3 Å². The van der Waals surface area contributed by atoms with Gasteiger partial charge in [0.05, 0.1) is 12.7 Å². The molecule has 2 bridgehead atoms. The van der Waals surface area contributed by atoms with Gasteiger partial charge in [0.15, 0.2) is 5.78 Å². The quantitative estimate of drug-likeness (QED) is 0.591. The number of ketones is 1. The van der Waals surface area contributed by atoms with E-state index in [1.807, 2.05) is 0 Å². The van der Waals surface area contributed by atoms with E-state index in [2.05, 4.69) is 0 Å². The van der Waals surface area contributed by atoms with Crippen molar-refractivity contribution in [3.63, 3.8) is 0 Å². The van der Waals surface area contributed by atoms with Crippen LogP contribution in [0.1, 0.15) is 39.0 Å². The fourth-order valence-electron chi connectivity index (χ4n) is 3.11. The lowest BCUT2D eigenvalue weighted by molar-refractivity contribution is -0.280. The Morgan fingerprint density at radius 2 is 2.07 bits per heavy atom. The number of hydrogen-bond donors (Lipinski definition) is 0. The van der Waals surface area contributed by atoms with Crippen LogP contribution in [0, 0.1) is 5.41 Å². The van der Waals surface area contributed by atoms with E-state index in [1.54, 1.807) is 6.92 Å². The summed E-state index contributed by atoms with van der Waals surface area (Å²) in [5.41, 5.74) is 0.172. The molecule has 0 unspecified atom stereocenters. The summed E-state index contributed by atoms with van der Waals surface area (Å²) >= 11 is 0. The van der Waals surface area contributed by atoms with Crippen LogP contribution in [0.5, 0.6) is 0 Å². The molecule has 2 saturated heterocycles. The van der Waals surface area contributed by atoms with Gasteiger partial charge in [0.25, 0.3) is 0 Å². The monoisotopic (exact) mass is 196 g/mol. The topological polar surface area (TPSA) is 35.5 Å². The van der Waals surface area contributed by atoms with Crippen LogP contribution >= 0.6 is 0 Å². The van der Waals surface area contributed by atoms with Gasteiger partial charge in [0.2, 0.25) is 5.79 Å². The molecule has 3 nitrogen and oxygen atoms in total. The SMILES string of the molecule is C[C@]12OCC3(CCCC3)[C@H](CC1=O)O2. The first-order valence-corrected chi connectivity index (χ1v) is 5.50. The standard InChI is InChI=1S/C11H16O3/c1-10-8(12)6-9(14-10)11(7-13-10)4-2-3-5-11/h9H,2-7H2,1H3/t9-,10+/m0/s1. The van der Waals surface area contributed by atoms with E-state index in [0.29, 0.717) is 6.42 Å². The fourth-order valence-corrected chi connectivity index (χ4v) is 3.11. The summed E-state index contributed by atoms with van der Waals surface area (Å²) in [4.78, 5) is 11.7. The number of carbonyl (C=O) groups is 1. The molecule has 0 amide bonds. The highest BCUT2D eigenvalue weighted by Crippen LogP contribution is 2.52. The Labute approximate surface area is 83.8 Å². The van der Waals surface area contributed by atoms with E-state index in [1.165, 1.54) is 25.7 Å². The molecule has 1 spiro atoms. The third kappa shape index (κ3) is 0.971. The summed E-state index contributed by atoms with van der Waals surface area (Å²) in [5, 5.41) is 0. The number of fused-ring (bicyclic) bond motifs is 3. The maximum absolute atomic E-state index is 11.7. The highest BCUT2D eigenvalue weighted by atomic mass is 16.7. The Bertz CT molecular complexity index is 280. The average molecular weight is 196 g/mol. The van der Waals surface area contributed by atoms with E-state index in [0.717, 1.165) is 6.61 Å². The zero-order valence-electron chi connectivity index (χ0n) is 8.54. The van der Waals surface area contributed by atoms with Gasteiger partial charge in [0.1, 0.15) is 0 Å². The summed E-state index contributed by atoms with van der Waals surface area (Å²) in [5.74, 6) is -0.773. The van der Waals surface area contributed by atoms with Gasteiger partial charge in [0, 0.05) is 11.8 Å². The summed E-state index contributed by atoms with van der Waals surface area (Å²) in [7, 11) is 0. The Hall–Kier alpha value is -0.410. The molecule has 3 aliphatic rings. The van der Waals surface area contributed by atoms with Gasteiger partial charge in [-0.05, 0) is 19.8 Å². The molecule has 14 heavy (non-hydrogen) atoms. The van der Waals surface area contributed by atoms with E-state index >= 15 is 0 Å². The van der Waals surface area contributed by atoms with E-state index in [-0.39, 0.29) is 17.3 Å². The summed E-state index contributed by atoms with van der Waals surface area (Å²) < 4.78 is 11.4. The maximum Gasteiger partial charge on any atom is 0.226 e. The number of ether oxygens (including phenoxy) is 2. The number of carbonyl (C=O) groups excluding carboxylic acids is 1.